The van der Waals surface area contributed by atoms with Crippen LogP contribution in [0.2, 0.25) is 0 Å². The molecule has 0 unspecified atom stereocenters. The Morgan fingerprint density at radius 1 is 1.25 bits per heavy atom. The Morgan fingerprint density at radius 2 is 2.00 bits per heavy atom. The third-order valence-electron chi connectivity index (χ3n) is 2.59. The summed E-state index contributed by atoms with van der Waals surface area (Å²) in [4.78, 5) is 4.51. The number of hydrogen-bond donors (Lipinski definition) is 2. The molecular weight excluding hydrogens is 254 g/mol. The van der Waals surface area contributed by atoms with Crippen LogP contribution in [0.3, 0.4) is 0 Å². The highest BCUT2D eigenvalue weighted by molar-refractivity contribution is 5.79. The Kier molecular flexibility index (Phi) is 7.91. The van der Waals surface area contributed by atoms with Gasteiger partial charge in [0.05, 0.1) is 20.3 Å². The van der Waals surface area contributed by atoms with Crippen LogP contribution in [0.25, 0.3) is 0 Å². The topological polar surface area (TPSA) is 54.9 Å². The van der Waals surface area contributed by atoms with E-state index in [0.717, 1.165) is 17.3 Å². The first-order valence-corrected chi connectivity index (χ1v) is 6.55. The van der Waals surface area contributed by atoms with Gasteiger partial charge in [-0.25, -0.2) is 4.99 Å². The van der Waals surface area contributed by atoms with Gasteiger partial charge in [-0.15, -0.1) is 6.58 Å². The first-order valence-electron chi connectivity index (χ1n) is 6.55. The van der Waals surface area contributed by atoms with Crippen LogP contribution in [-0.4, -0.2) is 39.9 Å². The Balaban J connectivity index is 2.55. The van der Waals surface area contributed by atoms with Gasteiger partial charge in [-0.3, -0.25) is 0 Å². The molecule has 1 aromatic carbocycles. The number of guanidine groups is 1. The van der Waals surface area contributed by atoms with Crippen molar-refractivity contribution >= 4 is 5.96 Å². The molecule has 0 amide bonds. The third kappa shape index (κ3) is 6.24. The molecule has 0 radical (unpaired) electrons. The average Bonchev–Trinajstić information content (AvgIpc) is 2.50. The number of benzene rings is 1. The zero-order valence-electron chi connectivity index (χ0n) is 12.2. The van der Waals surface area contributed by atoms with E-state index < -0.39 is 0 Å². The van der Waals surface area contributed by atoms with Gasteiger partial charge in [0, 0.05) is 20.2 Å². The maximum absolute atomic E-state index is 5.13. The number of ether oxygens (including phenoxy) is 2. The molecular formula is C15H23N3O2. The summed E-state index contributed by atoms with van der Waals surface area (Å²) in [7, 11) is 3.33. The zero-order valence-corrected chi connectivity index (χ0v) is 12.2. The molecule has 0 bridgehead atoms. The molecule has 0 aliphatic carbocycles. The van der Waals surface area contributed by atoms with Crippen LogP contribution in [0.15, 0.2) is 41.9 Å². The Hall–Kier alpha value is -2.01. The number of aliphatic imine (C=N–C) groups is 1. The normalized spacial score (nSPS) is 11.0. The van der Waals surface area contributed by atoms with Gasteiger partial charge in [-0.05, 0) is 17.7 Å². The number of nitrogens with zero attached hydrogens (tertiary/aromatic N) is 1. The van der Waals surface area contributed by atoms with Crippen LogP contribution in [0, 0.1) is 0 Å². The van der Waals surface area contributed by atoms with Crippen LogP contribution in [0.4, 0.5) is 0 Å². The molecule has 0 fully saturated rings. The summed E-state index contributed by atoms with van der Waals surface area (Å²) < 4.78 is 10.1. The lowest BCUT2D eigenvalue weighted by Gasteiger charge is -2.11. The molecule has 0 aromatic heterocycles. The van der Waals surface area contributed by atoms with Gasteiger partial charge in [0.2, 0.25) is 0 Å². The second kappa shape index (κ2) is 9.86. The third-order valence-corrected chi connectivity index (χ3v) is 2.59. The van der Waals surface area contributed by atoms with Crippen molar-refractivity contribution in [1.82, 2.24) is 10.6 Å². The summed E-state index contributed by atoms with van der Waals surface area (Å²) in [6, 6.07) is 7.87. The Labute approximate surface area is 120 Å². The van der Waals surface area contributed by atoms with Crippen LogP contribution < -0.4 is 15.4 Å². The lowest BCUT2D eigenvalue weighted by Crippen LogP contribution is -2.39. The van der Waals surface area contributed by atoms with Crippen molar-refractivity contribution in [2.45, 2.75) is 6.54 Å². The van der Waals surface area contributed by atoms with E-state index in [1.165, 1.54) is 0 Å². The molecule has 1 aromatic rings. The molecule has 110 valence electrons. The second-order valence-corrected chi connectivity index (χ2v) is 4.10. The fourth-order valence-corrected chi connectivity index (χ4v) is 1.52. The summed E-state index contributed by atoms with van der Waals surface area (Å²) in [5.74, 6) is 1.60. The van der Waals surface area contributed by atoms with Gasteiger partial charge in [-0.2, -0.15) is 0 Å². The minimum Gasteiger partial charge on any atom is -0.497 e. The second-order valence-electron chi connectivity index (χ2n) is 4.10. The van der Waals surface area contributed by atoms with Crippen molar-refractivity contribution in [3.8, 4) is 5.75 Å². The fraction of sp³-hybridized carbons (Fsp3) is 0.400. The smallest absolute Gasteiger partial charge is 0.191 e. The van der Waals surface area contributed by atoms with E-state index in [1.807, 2.05) is 24.3 Å². The quantitative estimate of drug-likeness (QED) is 0.328. The van der Waals surface area contributed by atoms with E-state index in [-0.39, 0.29) is 0 Å². The summed E-state index contributed by atoms with van der Waals surface area (Å²) in [5, 5.41) is 6.35. The molecule has 0 heterocycles. The fourth-order valence-electron chi connectivity index (χ4n) is 1.52. The van der Waals surface area contributed by atoms with Crippen molar-refractivity contribution in [3.63, 3.8) is 0 Å². The van der Waals surface area contributed by atoms with Crippen molar-refractivity contribution in [2.75, 3.05) is 33.9 Å². The van der Waals surface area contributed by atoms with E-state index in [2.05, 4.69) is 22.2 Å². The molecule has 0 saturated carbocycles. The monoisotopic (exact) mass is 277 g/mol. The molecule has 0 spiro atoms. The Morgan fingerprint density at radius 3 is 2.60 bits per heavy atom. The molecule has 0 saturated heterocycles. The van der Waals surface area contributed by atoms with Crippen molar-refractivity contribution in [3.05, 3.63) is 42.5 Å². The summed E-state index contributed by atoms with van der Waals surface area (Å²) >= 11 is 0. The van der Waals surface area contributed by atoms with Gasteiger partial charge < -0.3 is 20.1 Å². The Bertz CT molecular complexity index is 416. The SMILES string of the molecule is C=CCNC(=NCc1ccc(OC)cc1)NCCOC. The van der Waals surface area contributed by atoms with Crippen molar-refractivity contribution in [2.24, 2.45) is 4.99 Å². The maximum atomic E-state index is 5.13. The largest absolute Gasteiger partial charge is 0.497 e. The van der Waals surface area contributed by atoms with E-state index in [1.54, 1.807) is 20.3 Å². The number of hydrogen-bond acceptors (Lipinski definition) is 3. The molecule has 0 aliphatic rings. The van der Waals surface area contributed by atoms with Gasteiger partial charge in [-0.1, -0.05) is 18.2 Å². The molecule has 5 heteroatoms. The molecule has 0 atom stereocenters. The summed E-state index contributed by atoms with van der Waals surface area (Å²) in [6.07, 6.45) is 1.79. The van der Waals surface area contributed by atoms with E-state index >= 15 is 0 Å². The predicted octanol–water partition coefficient (Wildman–Crippen LogP) is 1.56. The maximum Gasteiger partial charge on any atom is 0.191 e. The lowest BCUT2D eigenvalue weighted by atomic mass is 10.2. The standard InChI is InChI=1S/C15H23N3O2/c1-4-9-16-15(17-10-11-19-2)18-12-13-5-7-14(20-3)8-6-13/h4-8H,1,9-12H2,2-3H3,(H2,16,17,18). The molecule has 20 heavy (non-hydrogen) atoms. The molecule has 1 rings (SSSR count). The highest BCUT2D eigenvalue weighted by atomic mass is 16.5. The molecule has 2 N–H and O–H groups in total. The molecule has 5 nitrogen and oxygen atoms in total. The van der Waals surface area contributed by atoms with Gasteiger partial charge in [0.25, 0.3) is 0 Å². The van der Waals surface area contributed by atoms with Crippen LogP contribution in [-0.2, 0) is 11.3 Å². The van der Waals surface area contributed by atoms with E-state index in [9.17, 15) is 0 Å². The zero-order chi connectivity index (χ0) is 14.6. The minimum atomic E-state index is 0.601. The number of rotatable bonds is 8. The highest BCUT2D eigenvalue weighted by Crippen LogP contribution is 2.11. The summed E-state index contributed by atoms with van der Waals surface area (Å²) in [6.45, 7) is 6.30. The number of methoxy groups -OCH3 is 2. The number of nitrogens with one attached hydrogen (secondary N) is 2. The minimum absolute atomic E-state index is 0.601. The van der Waals surface area contributed by atoms with Crippen molar-refractivity contribution < 1.29 is 9.47 Å². The van der Waals surface area contributed by atoms with Gasteiger partial charge in [0.15, 0.2) is 5.96 Å². The molecule has 0 aliphatic heterocycles. The van der Waals surface area contributed by atoms with Crippen LogP contribution >= 0.6 is 0 Å². The summed E-state index contributed by atoms with van der Waals surface area (Å²) in [5.41, 5.74) is 1.12. The van der Waals surface area contributed by atoms with Crippen LogP contribution in [0.1, 0.15) is 5.56 Å². The van der Waals surface area contributed by atoms with Crippen molar-refractivity contribution in [1.29, 1.82) is 0 Å². The van der Waals surface area contributed by atoms with E-state index in [0.29, 0.717) is 26.2 Å². The predicted molar refractivity (Wildman–Crippen MR) is 82.2 cm³/mol. The first-order chi connectivity index (χ1) is 9.80. The van der Waals surface area contributed by atoms with Gasteiger partial charge in [0.1, 0.15) is 5.75 Å². The first kappa shape index (κ1) is 16.0. The highest BCUT2D eigenvalue weighted by Gasteiger charge is 1.98. The lowest BCUT2D eigenvalue weighted by molar-refractivity contribution is 0.203. The van der Waals surface area contributed by atoms with E-state index in [4.69, 9.17) is 9.47 Å². The van der Waals surface area contributed by atoms with Crippen LogP contribution in [0.5, 0.6) is 5.75 Å². The average molecular weight is 277 g/mol. The van der Waals surface area contributed by atoms with Gasteiger partial charge >= 0.3 is 0 Å².